The van der Waals surface area contributed by atoms with Gasteiger partial charge >= 0.3 is 0 Å². The van der Waals surface area contributed by atoms with E-state index < -0.39 is 5.60 Å². The van der Waals surface area contributed by atoms with Crippen LogP contribution in [0, 0.1) is 0 Å². The highest BCUT2D eigenvalue weighted by Gasteiger charge is 2.48. The Morgan fingerprint density at radius 2 is 1.61 bits per heavy atom. The van der Waals surface area contributed by atoms with Crippen LogP contribution in [0.25, 0.3) is 0 Å². The van der Waals surface area contributed by atoms with Gasteiger partial charge in [0.2, 0.25) is 0 Å². The summed E-state index contributed by atoms with van der Waals surface area (Å²) in [7, 11) is 0. The molecule has 0 saturated carbocycles. The molecule has 0 aliphatic carbocycles. The summed E-state index contributed by atoms with van der Waals surface area (Å²) in [5.74, 6) is -0.0411. The summed E-state index contributed by atoms with van der Waals surface area (Å²) in [6.07, 6.45) is 14.8. The van der Waals surface area contributed by atoms with Gasteiger partial charge < -0.3 is 15.2 Å². The van der Waals surface area contributed by atoms with Gasteiger partial charge in [0, 0.05) is 13.0 Å². The molecule has 2 N–H and O–H groups in total. The number of unbranched alkanes of at least 4 members (excludes halogenated alkanes) is 9. The maximum absolute atomic E-state index is 12.2. The third kappa shape index (κ3) is 7.67. The first-order valence-corrected chi connectivity index (χ1v) is 9.71. The highest BCUT2D eigenvalue weighted by atomic mass is 16.5. The summed E-state index contributed by atoms with van der Waals surface area (Å²) in [5, 5.41) is 11.6. The normalized spacial score (nSPS) is 23.5. The van der Waals surface area contributed by atoms with Crippen LogP contribution in [-0.2, 0) is 9.53 Å². The molecular formula is C19H37NO3. The lowest BCUT2D eigenvalue weighted by molar-refractivity contribution is -0.206. The predicted octanol–water partition coefficient (Wildman–Crippen LogP) is 3.95. The predicted molar refractivity (Wildman–Crippen MR) is 94.5 cm³/mol. The second-order valence-electron chi connectivity index (χ2n) is 7.04. The summed E-state index contributed by atoms with van der Waals surface area (Å²) < 4.78 is 5.77. The molecule has 1 rings (SSSR count). The molecule has 1 fully saturated rings. The number of aliphatic hydroxyl groups excluding tert-OH is 1. The Morgan fingerprint density at radius 1 is 1.09 bits per heavy atom. The molecule has 1 aliphatic rings. The smallest absolute Gasteiger partial charge is 0.252 e. The fourth-order valence-electron chi connectivity index (χ4n) is 3.49. The fourth-order valence-corrected chi connectivity index (χ4v) is 3.49. The first-order valence-electron chi connectivity index (χ1n) is 9.71. The molecule has 0 bridgehead atoms. The van der Waals surface area contributed by atoms with E-state index >= 15 is 0 Å². The maximum atomic E-state index is 12.2. The minimum Gasteiger partial charge on any atom is -0.395 e. The van der Waals surface area contributed by atoms with Gasteiger partial charge in [0.25, 0.3) is 5.91 Å². The van der Waals surface area contributed by atoms with Crippen LogP contribution in [0.2, 0.25) is 0 Å². The highest BCUT2D eigenvalue weighted by molar-refractivity contribution is 5.86. The summed E-state index contributed by atoms with van der Waals surface area (Å²) in [6, 6.07) is 0. The number of carbonyl (C=O) groups is 1. The minimum absolute atomic E-state index is 0.0182. The fraction of sp³-hybridized carbons (Fsp3) is 0.947. The van der Waals surface area contributed by atoms with Crippen LogP contribution in [0.5, 0.6) is 0 Å². The van der Waals surface area contributed by atoms with Crippen molar-refractivity contribution in [3.8, 4) is 0 Å². The van der Waals surface area contributed by atoms with Crippen molar-refractivity contribution in [2.24, 2.45) is 0 Å². The minimum atomic E-state index is -0.616. The molecule has 0 aromatic heterocycles. The largest absolute Gasteiger partial charge is 0.395 e. The van der Waals surface area contributed by atoms with Crippen molar-refractivity contribution in [1.29, 1.82) is 0 Å². The van der Waals surface area contributed by atoms with Crippen LogP contribution in [-0.4, -0.2) is 35.9 Å². The molecule has 4 heteroatoms. The van der Waals surface area contributed by atoms with E-state index in [9.17, 15) is 4.79 Å². The number of aliphatic hydroxyl groups is 1. The summed E-state index contributed by atoms with van der Waals surface area (Å²) in [5.41, 5.74) is -0.616. The molecular weight excluding hydrogens is 290 g/mol. The topological polar surface area (TPSA) is 58.6 Å². The van der Waals surface area contributed by atoms with E-state index in [0.29, 0.717) is 6.54 Å². The van der Waals surface area contributed by atoms with Crippen molar-refractivity contribution in [2.45, 2.75) is 103 Å². The quantitative estimate of drug-likeness (QED) is 0.475. The molecule has 1 heterocycles. The van der Waals surface area contributed by atoms with Gasteiger partial charge in [-0.25, -0.2) is 0 Å². The Morgan fingerprint density at radius 3 is 2.09 bits per heavy atom. The molecule has 136 valence electrons. The van der Waals surface area contributed by atoms with Crippen LogP contribution in [0.1, 0.15) is 90.9 Å². The van der Waals surface area contributed by atoms with E-state index in [1.807, 2.05) is 6.92 Å². The Balaban J connectivity index is 2.06. The van der Waals surface area contributed by atoms with Crippen LogP contribution in [0.3, 0.4) is 0 Å². The Kier molecular flexibility index (Phi) is 10.5. The van der Waals surface area contributed by atoms with Gasteiger partial charge in [-0.1, -0.05) is 71.1 Å². The molecule has 1 amide bonds. The third-order valence-electron chi connectivity index (χ3n) is 4.79. The average Bonchev–Trinajstić information content (AvgIpc) is 2.52. The van der Waals surface area contributed by atoms with Crippen molar-refractivity contribution in [3.05, 3.63) is 0 Å². The first-order chi connectivity index (χ1) is 11.1. The van der Waals surface area contributed by atoms with E-state index in [-0.39, 0.29) is 18.6 Å². The molecule has 0 aromatic rings. The second-order valence-corrected chi connectivity index (χ2v) is 7.04. The van der Waals surface area contributed by atoms with Gasteiger partial charge in [-0.2, -0.15) is 0 Å². The summed E-state index contributed by atoms with van der Waals surface area (Å²) >= 11 is 0. The number of carbonyl (C=O) groups excluding carboxylic acids is 1. The lowest BCUT2D eigenvalue weighted by Gasteiger charge is -2.45. The molecule has 0 radical (unpaired) electrons. The summed E-state index contributed by atoms with van der Waals surface area (Å²) in [6.45, 7) is 4.56. The zero-order valence-electron chi connectivity index (χ0n) is 15.2. The second kappa shape index (κ2) is 11.9. The zero-order chi connectivity index (χ0) is 17.0. The van der Waals surface area contributed by atoms with Gasteiger partial charge in [-0.3, -0.25) is 4.79 Å². The number of nitrogens with one attached hydrogen (secondary N) is 1. The SMILES string of the molecule is CCCCCCCCCCCCC1(C(=O)NCCO)CC(C)O1. The van der Waals surface area contributed by atoms with Crippen LogP contribution < -0.4 is 5.32 Å². The third-order valence-corrected chi connectivity index (χ3v) is 4.79. The van der Waals surface area contributed by atoms with Crippen LogP contribution in [0.4, 0.5) is 0 Å². The number of ether oxygens (including phenoxy) is 1. The first kappa shape index (κ1) is 20.4. The van der Waals surface area contributed by atoms with Crippen LogP contribution in [0.15, 0.2) is 0 Å². The number of hydrogen-bond acceptors (Lipinski definition) is 3. The highest BCUT2D eigenvalue weighted by Crippen LogP contribution is 2.37. The summed E-state index contributed by atoms with van der Waals surface area (Å²) in [4.78, 5) is 12.2. The lowest BCUT2D eigenvalue weighted by Crippen LogP contribution is -2.59. The van der Waals surface area contributed by atoms with Gasteiger partial charge in [-0.15, -0.1) is 0 Å². The van der Waals surface area contributed by atoms with E-state index in [4.69, 9.17) is 9.84 Å². The molecule has 4 nitrogen and oxygen atoms in total. The van der Waals surface area contributed by atoms with E-state index in [0.717, 1.165) is 19.3 Å². The molecule has 1 saturated heterocycles. The van der Waals surface area contributed by atoms with E-state index in [1.54, 1.807) is 0 Å². The number of rotatable bonds is 14. The van der Waals surface area contributed by atoms with Gasteiger partial charge in [-0.05, 0) is 13.3 Å². The van der Waals surface area contributed by atoms with Gasteiger partial charge in [0.1, 0.15) is 5.60 Å². The van der Waals surface area contributed by atoms with Gasteiger partial charge in [0.05, 0.1) is 12.7 Å². The Labute approximate surface area is 142 Å². The van der Waals surface area contributed by atoms with Crippen molar-refractivity contribution < 1.29 is 14.6 Å². The van der Waals surface area contributed by atoms with Gasteiger partial charge in [0.15, 0.2) is 0 Å². The molecule has 0 spiro atoms. The van der Waals surface area contributed by atoms with E-state index in [2.05, 4.69) is 12.2 Å². The maximum Gasteiger partial charge on any atom is 0.252 e. The standard InChI is InChI=1S/C19H37NO3/c1-3-4-5-6-7-8-9-10-11-12-13-19(16-17(2)23-19)18(22)20-14-15-21/h17,21H,3-16H2,1-2H3,(H,20,22). The lowest BCUT2D eigenvalue weighted by atomic mass is 9.83. The average molecular weight is 328 g/mol. The molecule has 23 heavy (non-hydrogen) atoms. The number of hydrogen-bond donors (Lipinski definition) is 2. The monoisotopic (exact) mass is 327 g/mol. The number of amides is 1. The van der Waals surface area contributed by atoms with E-state index in [1.165, 1.54) is 57.8 Å². The molecule has 2 unspecified atom stereocenters. The van der Waals surface area contributed by atoms with Crippen molar-refractivity contribution in [1.82, 2.24) is 5.32 Å². The van der Waals surface area contributed by atoms with Crippen molar-refractivity contribution >= 4 is 5.91 Å². The molecule has 2 atom stereocenters. The molecule has 0 aromatic carbocycles. The zero-order valence-corrected chi connectivity index (χ0v) is 15.2. The molecule has 1 aliphatic heterocycles. The van der Waals surface area contributed by atoms with Crippen molar-refractivity contribution in [3.63, 3.8) is 0 Å². The van der Waals surface area contributed by atoms with Crippen molar-refractivity contribution in [2.75, 3.05) is 13.2 Å². The Bertz CT molecular complexity index is 314. The van der Waals surface area contributed by atoms with Crippen LogP contribution >= 0.6 is 0 Å². The Hall–Kier alpha value is -0.610.